The minimum Gasteiger partial charge on any atom is -0.495 e. The van der Waals surface area contributed by atoms with Crippen LogP contribution in [-0.4, -0.2) is 49.4 Å². The summed E-state index contributed by atoms with van der Waals surface area (Å²) in [6.45, 7) is 2.71. The maximum atomic E-state index is 12.6. The number of amides is 2. The molecule has 2 amide bonds. The molecule has 144 valence electrons. The SMILES string of the molecule is COc1ccccc1N1CCN(C(=O)Nc2cc(-c3ccccc3)on2)CC1. The summed E-state index contributed by atoms with van der Waals surface area (Å²) in [6.07, 6.45) is 0. The zero-order valence-electron chi connectivity index (χ0n) is 15.7. The van der Waals surface area contributed by atoms with E-state index < -0.39 is 0 Å². The van der Waals surface area contributed by atoms with Crippen molar-refractivity contribution in [1.82, 2.24) is 10.1 Å². The number of ether oxygens (including phenoxy) is 1. The second kappa shape index (κ2) is 8.04. The van der Waals surface area contributed by atoms with Gasteiger partial charge in [0.2, 0.25) is 0 Å². The standard InChI is InChI=1S/C21H22N4O3/c1-27-18-10-6-5-9-17(18)24-11-13-25(14-12-24)21(26)22-20-15-19(28-23-20)16-7-3-2-4-8-16/h2-10,15H,11-14H2,1H3,(H,22,23,26). The number of carbonyl (C=O) groups is 1. The maximum absolute atomic E-state index is 12.6. The van der Waals surface area contributed by atoms with Gasteiger partial charge in [-0.3, -0.25) is 5.32 Å². The molecular formula is C21H22N4O3. The lowest BCUT2D eigenvalue weighted by Crippen LogP contribution is -2.50. The second-order valence-corrected chi connectivity index (χ2v) is 6.52. The van der Waals surface area contributed by atoms with Gasteiger partial charge in [-0.1, -0.05) is 47.6 Å². The van der Waals surface area contributed by atoms with Gasteiger partial charge in [0, 0.05) is 37.8 Å². The lowest BCUT2D eigenvalue weighted by Gasteiger charge is -2.36. The van der Waals surface area contributed by atoms with Crippen LogP contribution >= 0.6 is 0 Å². The minimum absolute atomic E-state index is 0.174. The number of para-hydroxylation sites is 2. The molecule has 1 aliphatic heterocycles. The van der Waals surface area contributed by atoms with Crippen LogP contribution in [0.3, 0.4) is 0 Å². The third-order valence-corrected chi connectivity index (χ3v) is 4.80. The number of methoxy groups -OCH3 is 1. The van der Waals surface area contributed by atoms with E-state index in [0.717, 1.165) is 30.1 Å². The second-order valence-electron chi connectivity index (χ2n) is 6.52. The Morgan fingerprint density at radius 1 is 1.04 bits per heavy atom. The summed E-state index contributed by atoms with van der Waals surface area (Å²) in [5.41, 5.74) is 1.97. The molecule has 1 aliphatic rings. The first-order valence-electron chi connectivity index (χ1n) is 9.20. The van der Waals surface area contributed by atoms with Crippen LogP contribution < -0.4 is 15.0 Å². The number of nitrogens with one attached hydrogen (secondary N) is 1. The van der Waals surface area contributed by atoms with Crippen molar-refractivity contribution < 1.29 is 14.1 Å². The fraction of sp³-hybridized carbons (Fsp3) is 0.238. The molecule has 28 heavy (non-hydrogen) atoms. The van der Waals surface area contributed by atoms with Crippen LogP contribution in [-0.2, 0) is 0 Å². The van der Waals surface area contributed by atoms with Crippen LogP contribution in [0.4, 0.5) is 16.3 Å². The van der Waals surface area contributed by atoms with Crippen molar-refractivity contribution >= 4 is 17.5 Å². The average Bonchev–Trinajstić information content (AvgIpc) is 3.23. The first-order valence-corrected chi connectivity index (χ1v) is 9.20. The molecule has 1 N–H and O–H groups in total. The first-order chi connectivity index (χ1) is 13.7. The number of nitrogens with zero attached hydrogens (tertiary/aromatic N) is 3. The molecule has 2 aromatic carbocycles. The molecule has 0 bridgehead atoms. The average molecular weight is 378 g/mol. The van der Waals surface area contributed by atoms with Crippen LogP contribution in [0.5, 0.6) is 5.75 Å². The van der Waals surface area contributed by atoms with Crippen molar-refractivity contribution in [2.24, 2.45) is 0 Å². The van der Waals surface area contributed by atoms with E-state index in [0.29, 0.717) is 24.7 Å². The molecule has 0 aliphatic carbocycles. The number of urea groups is 1. The Hall–Kier alpha value is -3.48. The van der Waals surface area contributed by atoms with Gasteiger partial charge in [-0.05, 0) is 12.1 Å². The predicted octanol–water partition coefficient (Wildman–Crippen LogP) is 3.70. The van der Waals surface area contributed by atoms with Gasteiger partial charge in [0.25, 0.3) is 0 Å². The number of piperazine rings is 1. The van der Waals surface area contributed by atoms with Crippen molar-refractivity contribution in [3.8, 4) is 17.1 Å². The monoisotopic (exact) mass is 378 g/mol. The number of carbonyl (C=O) groups excluding carboxylic acids is 1. The summed E-state index contributed by atoms with van der Waals surface area (Å²) in [7, 11) is 1.67. The fourth-order valence-electron chi connectivity index (χ4n) is 3.30. The lowest BCUT2D eigenvalue weighted by atomic mass is 10.2. The van der Waals surface area contributed by atoms with E-state index in [2.05, 4.69) is 15.4 Å². The van der Waals surface area contributed by atoms with Crippen molar-refractivity contribution in [3.05, 3.63) is 60.7 Å². The zero-order chi connectivity index (χ0) is 19.3. The predicted molar refractivity (Wildman–Crippen MR) is 108 cm³/mol. The number of anilines is 2. The highest BCUT2D eigenvalue weighted by molar-refractivity contribution is 5.89. The highest BCUT2D eigenvalue weighted by atomic mass is 16.5. The van der Waals surface area contributed by atoms with Gasteiger partial charge < -0.3 is 19.1 Å². The Morgan fingerprint density at radius 3 is 2.50 bits per heavy atom. The molecule has 0 atom stereocenters. The van der Waals surface area contributed by atoms with Crippen molar-refractivity contribution in [3.63, 3.8) is 0 Å². The Bertz CT molecular complexity index is 934. The van der Waals surface area contributed by atoms with Crippen molar-refractivity contribution in [2.75, 3.05) is 43.5 Å². The number of hydrogen-bond acceptors (Lipinski definition) is 5. The minimum atomic E-state index is -0.174. The van der Waals surface area contributed by atoms with Crippen molar-refractivity contribution in [2.45, 2.75) is 0 Å². The largest absolute Gasteiger partial charge is 0.495 e. The molecule has 3 aromatic rings. The molecule has 0 unspecified atom stereocenters. The summed E-state index contributed by atoms with van der Waals surface area (Å²) in [6, 6.07) is 19.2. The number of benzene rings is 2. The van der Waals surface area contributed by atoms with E-state index in [1.165, 1.54) is 0 Å². The van der Waals surface area contributed by atoms with Gasteiger partial charge in [0.1, 0.15) is 5.75 Å². The molecule has 0 spiro atoms. The Balaban J connectivity index is 1.35. The number of aromatic nitrogens is 1. The molecular weight excluding hydrogens is 356 g/mol. The molecule has 2 heterocycles. The van der Waals surface area contributed by atoms with Crippen LogP contribution in [0.2, 0.25) is 0 Å². The van der Waals surface area contributed by atoms with E-state index >= 15 is 0 Å². The molecule has 1 saturated heterocycles. The van der Waals surface area contributed by atoms with Gasteiger partial charge in [-0.2, -0.15) is 0 Å². The third-order valence-electron chi connectivity index (χ3n) is 4.80. The van der Waals surface area contributed by atoms with E-state index in [4.69, 9.17) is 9.26 Å². The number of hydrogen-bond donors (Lipinski definition) is 1. The highest BCUT2D eigenvalue weighted by Gasteiger charge is 2.23. The molecule has 0 radical (unpaired) electrons. The fourth-order valence-corrected chi connectivity index (χ4v) is 3.30. The molecule has 0 saturated carbocycles. The smallest absolute Gasteiger partial charge is 0.323 e. The summed E-state index contributed by atoms with van der Waals surface area (Å²) in [5.74, 6) is 1.88. The Morgan fingerprint density at radius 2 is 1.75 bits per heavy atom. The molecule has 7 heteroatoms. The van der Waals surface area contributed by atoms with E-state index in [-0.39, 0.29) is 6.03 Å². The summed E-state index contributed by atoms with van der Waals surface area (Å²) in [5, 5.41) is 6.77. The molecule has 4 rings (SSSR count). The van der Waals surface area contributed by atoms with Crippen LogP contribution in [0.1, 0.15) is 0 Å². The third kappa shape index (κ3) is 3.78. The van der Waals surface area contributed by atoms with E-state index in [1.807, 2.05) is 54.6 Å². The summed E-state index contributed by atoms with van der Waals surface area (Å²) < 4.78 is 10.8. The topological polar surface area (TPSA) is 70.8 Å². The van der Waals surface area contributed by atoms with Crippen molar-refractivity contribution in [1.29, 1.82) is 0 Å². The van der Waals surface area contributed by atoms with Gasteiger partial charge in [0.05, 0.1) is 12.8 Å². The summed E-state index contributed by atoms with van der Waals surface area (Å²) >= 11 is 0. The van der Waals surface area contributed by atoms with Crippen LogP contribution in [0.25, 0.3) is 11.3 Å². The normalized spacial score (nSPS) is 14.0. The quantitative estimate of drug-likeness (QED) is 0.749. The van der Waals surface area contributed by atoms with E-state index in [9.17, 15) is 4.79 Å². The zero-order valence-corrected chi connectivity index (χ0v) is 15.7. The van der Waals surface area contributed by atoms with Gasteiger partial charge in [0.15, 0.2) is 11.6 Å². The number of rotatable bonds is 4. The summed E-state index contributed by atoms with van der Waals surface area (Å²) in [4.78, 5) is 16.6. The maximum Gasteiger partial charge on any atom is 0.323 e. The van der Waals surface area contributed by atoms with Gasteiger partial charge >= 0.3 is 6.03 Å². The molecule has 1 fully saturated rings. The van der Waals surface area contributed by atoms with Crippen LogP contribution in [0, 0.1) is 0 Å². The lowest BCUT2D eigenvalue weighted by molar-refractivity contribution is 0.208. The first kappa shape index (κ1) is 17.9. The highest BCUT2D eigenvalue weighted by Crippen LogP contribution is 2.28. The Kier molecular flexibility index (Phi) is 5.14. The Labute approximate surface area is 163 Å². The molecule has 7 nitrogen and oxygen atoms in total. The van der Waals surface area contributed by atoms with Crippen LogP contribution in [0.15, 0.2) is 65.2 Å². The van der Waals surface area contributed by atoms with Gasteiger partial charge in [-0.25, -0.2) is 4.79 Å². The van der Waals surface area contributed by atoms with E-state index in [1.54, 1.807) is 18.1 Å². The molecule has 1 aromatic heterocycles. The van der Waals surface area contributed by atoms with Gasteiger partial charge in [-0.15, -0.1) is 0 Å².